The summed E-state index contributed by atoms with van der Waals surface area (Å²) in [6.07, 6.45) is 0.810. The molecule has 0 spiro atoms. The fraction of sp³-hybridized carbons (Fsp3) is 0.455. The Morgan fingerprint density at radius 1 is 1.11 bits per heavy atom. The lowest BCUT2D eigenvalue weighted by molar-refractivity contribution is 0.394. The molecule has 0 bridgehead atoms. The van der Waals surface area contributed by atoms with Crippen molar-refractivity contribution in [1.82, 2.24) is 0 Å². The third-order valence-electron chi connectivity index (χ3n) is 2.80. The van der Waals surface area contributed by atoms with Crippen LogP contribution in [0.2, 0.25) is 0 Å². The van der Waals surface area contributed by atoms with Gasteiger partial charge in [-0.1, -0.05) is 19.9 Å². The van der Waals surface area contributed by atoms with E-state index in [4.69, 9.17) is 0 Å². The minimum atomic E-state index is -4.66. The molecule has 0 saturated carbocycles. The number of aryl methyl sites for hydroxylation is 1. The van der Waals surface area contributed by atoms with E-state index in [1.807, 2.05) is 6.92 Å². The van der Waals surface area contributed by atoms with Gasteiger partial charge in [-0.15, -0.1) is 0 Å². The molecule has 19 heavy (non-hydrogen) atoms. The van der Waals surface area contributed by atoms with Crippen molar-refractivity contribution in [2.75, 3.05) is 7.11 Å². The third-order valence-corrected chi connectivity index (χ3v) is 5.23. The Hall–Kier alpha value is -0.960. The van der Waals surface area contributed by atoms with Gasteiger partial charge in [0, 0.05) is 0 Å². The molecule has 1 aromatic rings. The molecular formula is C11H16O6S2. The maximum Gasteiger partial charge on any atom is 0.298 e. The van der Waals surface area contributed by atoms with E-state index >= 15 is 0 Å². The molecule has 0 amide bonds. The van der Waals surface area contributed by atoms with E-state index in [1.165, 1.54) is 6.07 Å². The summed E-state index contributed by atoms with van der Waals surface area (Å²) in [6.45, 7) is 3.50. The second kappa shape index (κ2) is 5.58. The van der Waals surface area contributed by atoms with E-state index in [9.17, 15) is 21.4 Å². The van der Waals surface area contributed by atoms with E-state index in [2.05, 4.69) is 4.18 Å². The number of hydrogen-bond acceptors (Lipinski definition) is 5. The summed E-state index contributed by atoms with van der Waals surface area (Å²) in [5, 5.41) is 0. The topological polar surface area (TPSA) is 97.7 Å². The molecule has 0 heterocycles. The van der Waals surface area contributed by atoms with Crippen LogP contribution < -0.4 is 0 Å². The van der Waals surface area contributed by atoms with Crippen LogP contribution in [0.25, 0.3) is 0 Å². The van der Waals surface area contributed by atoms with Crippen LogP contribution in [0.1, 0.15) is 25.0 Å². The zero-order valence-electron chi connectivity index (χ0n) is 10.9. The van der Waals surface area contributed by atoms with Crippen LogP contribution in [-0.4, -0.2) is 28.5 Å². The van der Waals surface area contributed by atoms with Gasteiger partial charge >= 0.3 is 0 Å². The summed E-state index contributed by atoms with van der Waals surface area (Å²) in [5.41, 5.74) is 0.966. The standard InChI is InChI=1S/C11H16O6S2/c1-4-8-6-7-10(19(15,16)17-3)11(9(8)5-2)18(12,13)14/h6-7H,4-5H2,1-3H3,(H,12,13,14). The van der Waals surface area contributed by atoms with Crippen LogP contribution in [0, 0.1) is 0 Å². The molecule has 0 aliphatic heterocycles. The first kappa shape index (κ1) is 16.1. The van der Waals surface area contributed by atoms with Crippen molar-refractivity contribution in [1.29, 1.82) is 0 Å². The molecule has 1 rings (SSSR count). The largest absolute Gasteiger partial charge is 0.298 e. The maximum atomic E-state index is 11.7. The van der Waals surface area contributed by atoms with E-state index in [1.54, 1.807) is 6.92 Å². The molecule has 1 N–H and O–H groups in total. The van der Waals surface area contributed by atoms with Crippen LogP contribution in [0.3, 0.4) is 0 Å². The zero-order valence-corrected chi connectivity index (χ0v) is 12.5. The summed E-state index contributed by atoms with van der Waals surface area (Å²) < 4.78 is 60.1. The highest BCUT2D eigenvalue weighted by Gasteiger charge is 2.29. The van der Waals surface area contributed by atoms with Crippen molar-refractivity contribution in [3.05, 3.63) is 23.3 Å². The van der Waals surface area contributed by atoms with Gasteiger partial charge in [0.1, 0.15) is 9.79 Å². The SMILES string of the molecule is CCc1ccc(S(=O)(=O)OC)c(S(=O)(=O)O)c1CC. The highest BCUT2D eigenvalue weighted by molar-refractivity contribution is 7.89. The number of hydrogen-bond donors (Lipinski definition) is 1. The smallest absolute Gasteiger partial charge is 0.282 e. The molecule has 0 radical (unpaired) electrons. The molecule has 0 aromatic heterocycles. The zero-order chi connectivity index (χ0) is 14.8. The number of benzene rings is 1. The highest BCUT2D eigenvalue weighted by atomic mass is 32.2. The predicted octanol–water partition coefficient (Wildman–Crippen LogP) is 1.39. The summed E-state index contributed by atoms with van der Waals surface area (Å²) in [5.74, 6) is 0. The monoisotopic (exact) mass is 308 g/mol. The average molecular weight is 308 g/mol. The first-order valence-corrected chi connectivity index (χ1v) is 8.46. The van der Waals surface area contributed by atoms with Crippen LogP contribution in [0.4, 0.5) is 0 Å². The Morgan fingerprint density at radius 2 is 1.68 bits per heavy atom. The van der Waals surface area contributed by atoms with Gasteiger partial charge in [-0.25, -0.2) is 0 Å². The van der Waals surface area contributed by atoms with Crippen LogP contribution in [0.15, 0.2) is 21.9 Å². The molecule has 0 aliphatic rings. The van der Waals surface area contributed by atoms with E-state index in [0.29, 0.717) is 17.5 Å². The summed E-state index contributed by atoms with van der Waals surface area (Å²) >= 11 is 0. The summed E-state index contributed by atoms with van der Waals surface area (Å²) in [4.78, 5) is -1.12. The fourth-order valence-corrected chi connectivity index (χ4v) is 4.23. The predicted molar refractivity (Wildman–Crippen MR) is 69.2 cm³/mol. The molecule has 8 heteroatoms. The number of rotatable bonds is 5. The Labute approximate surface area is 113 Å². The van der Waals surface area contributed by atoms with Crippen molar-refractivity contribution in [2.24, 2.45) is 0 Å². The van der Waals surface area contributed by atoms with Gasteiger partial charge in [0.05, 0.1) is 7.11 Å². The van der Waals surface area contributed by atoms with E-state index < -0.39 is 30.0 Å². The Balaban J connectivity index is 3.88. The van der Waals surface area contributed by atoms with Crippen molar-refractivity contribution in [3.8, 4) is 0 Å². The lowest BCUT2D eigenvalue weighted by Gasteiger charge is -2.14. The fourth-order valence-electron chi connectivity index (χ4n) is 1.94. The lowest BCUT2D eigenvalue weighted by Crippen LogP contribution is -2.14. The molecule has 6 nitrogen and oxygen atoms in total. The Kier molecular flexibility index (Phi) is 4.72. The van der Waals surface area contributed by atoms with Gasteiger partial charge in [-0.2, -0.15) is 16.8 Å². The first-order valence-electron chi connectivity index (χ1n) is 5.61. The van der Waals surface area contributed by atoms with Crippen molar-refractivity contribution in [2.45, 2.75) is 36.5 Å². The molecule has 0 atom stereocenters. The van der Waals surface area contributed by atoms with Crippen LogP contribution in [-0.2, 0) is 37.3 Å². The Bertz CT molecular complexity index is 673. The Morgan fingerprint density at radius 3 is 2.05 bits per heavy atom. The van der Waals surface area contributed by atoms with Gasteiger partial charge in [-0.05, 0) is 30.0 Å². The third kappa shape index (κ3) is 3.14. The van der Waals surface area contributed by atoms with Gasteiger partial charge in [0.2, 0.25) is 0 Å². The minimum absolute atomic E-state index is 0.283. The second-order valence-electron chi connectivity index (χ2n) is 3.83. The molecule has 0 aliphatic carbocycles. The molecule has 0 saturated heterocycles. The van der Waals surface area contributed by atoms with E-state index in [0.717, 1.165) is 13.2 Å². The van der Waals surface area contributed by atoms with Crippen molar-refractivity contribution >= 4 is 20.2 Å². The van der Waals surface area contributed by atoms with Crippen LogP contribution >= 0.6 is 0 Å². The van der Waals surface area contributed by atoms with Gasteiger partial charge in [0.25, 0.3) is 20.2 Å². The van der Waals surface area contributed by atoms with Gasteiger partial charge < -0.3 is 0 Å². The highest BCUT2D eigenvalue weighted by Crippen LogP contribution is 2.29. The van der Waals surface area contributed by atoms with Crippen molar-refractivity contribution in [3.63, 3.8) is 0 Å². The minimum Gasteiger partial charge on any atom is -0.282 e. The van der Waals surface area contributed by atoms with Crippen LogP contribution in [0.5, 0.6) is 0 Å². The molecule has 0 unspecified atom stereocenters. The second-order valence-corrected chi connectivity index (χ2v) is 6.87. The summed E-state index contributed by atoms with van der Waals surface area (Å²) in [6, 6.07) is 2.67. The molecule has 0 fully saturated rings. The quantitative estimate of drug-likeness (QED) is 0.652. The van der Waals surface area contributed by atoms with Gasteiger partial charge in [0.15, 0.2) is 0 Å². The molecule has 108 valence electrons. The molecular weight excluding hydrogens is 292 g/mol. The normalized spacial score (nSPS) is 12.6. The lowest BCUT2D eigenvalue weighted by atomic mass is 10.0. The first-order chi connectivity index (χ1) is 8.69. The summed E-state index contributed by atoms with van der Waals surface area (Å²) in [7, 11) is -7.94. The van der Waals surface area contributed by atoms with E-state index in [-0.39, 0.29) is 6.42 Å². The van der Waals surface area contributed by atoms with Crippen molar-refractivity contribution < 1.29 is 25.6 Å². The molecule has 1 aromatic carbocycles. The van der Waals surface area contributed by atoms with Gasteiger partial charge in [-0.3, -0.25) is 8.74 Å². The average Bonchev–Trinajstić information content (AvgIpc) is 2.35. The maximum absolute atomic E-state index is 11.7.